The third-order valence-electron chi connectivity index (χ3n) is 1.90. The number of hydrogen-bond donors (Lipinski definition) is 0. The first-order chi connectivity index (χ1) is 7.19. The first kappa shape index (κ1) is 11.5. The number of hydrogen-bond acceptors (Lipinski definition) is 2. The van der Waals surface area contributed by atoms with Crippen LogP contribution < -0.4 is 0 Å². The van der Waals surface area contributed by atoms with Crippen LogP contribution in [0.5, 0.6) is 0 Å². The van der Waals surface area contributed by atoms with Crippen molar-refractivity contribution < 1.29 is 4.79 Å². The minimum absolute atomic E-state index is 0.174. The molecule has 15 heavy (non-hydrogen) atoms. The lowest BCUT2D eigenvalue weighted by atomic mass is 10.3. The summed E-state index contributed by atoms with van der Waals surface area (Å²) in [6.45, 7) is 2.72. The second kappa shape index (κ2) is 5.38. The lowest BCUT2D eigenvalue weighted by Crippen LogP contribution is -2.31. The summed E-state index contributed by atoms with van der Waals surface area (Å²) in [5.74, 6) is 2.26. The van der Waals surface area contributed by atoms with Gasteiger partial charge in [-0.25, -0.2) is 4.98 Å². The zero-order valence-corrected chi connectivity index (χ0v) is 9.16. The van der Waals surface area contributed by atoms with Crippen LogP contribution in [0.25, 0.3) is 0 Å². The fourth-order valence-corrected chi connectivity index (χ4v) is 1.21. The van der Waals surface area contributed by atoms with Gasteiger partial charge in [-0.1, -0.05) is 17.5 Å². The molecule has 4 heteroatoms. The molecule has 1 amide bonds. The van der Waals surface area contributed by atoms with E-state index < -0.39 is 0 Å². The van der Waals surface area contributed by atoms with Gasteiger partial charge in [0.2, 0.25) is 0 Å². The van der Waals surface area contributed by atoms with E-state index >= 15 is 0 Å². The summed E-state index contributed by atoms with van der Waals surface area (Å²) in [4.78, 5) is 17.3. The van der Waals surface area contributed by atoms with Gasteiger partial charge in [0, 0.05) is 12.7 Å². The van der Waals surface area contributed by atoms with Crippen LogP contribution in [0, 0.1) is 12.3 Å². The SMILES string of the molecule is C#CCN(CC)C(=O)c1ccc(Cl)cn1. The molecule has 0 radical (unpaired) electrons. The third kappa shape index (κ3) is 2.97. The van der Waals surface area contributed by atoms with Crippen molar-refractivity contribution in [1.29, 1.82) is 0 Å². The van der Waals surface area contributed by atoms with E-state index in [2.05, 4.69) is 10.9 Å². The van der Waals surface area contributed by atoms with Crippen LogP contribution in [0.1, 0.15) is 17.4 Å². The minimum Gasteiger partial charge on any atom is -0.326 e. The lowest BCUT2D eigenvalue weighted by Gasteiger charge is -2.16. The summed E-state index contributed by atoms with van der Waals surface area (Å²) in [6, 6.07) is 3.22. The quantitative estimate of drug-likeness (QED) is 0.732. The highest BCUT2D eigenvalue weighted by atomic mass is 35.5. The van der Waals surface area contributed by atoms with Gasteiger partial charge in [-0.3, -0.25) is 4.79 Å². The molecule has 1 rings (SSSR count). The molecule has 0 aliphatic heterocycles. The van der Waals surface area contributed by atoms with Crippen LogP contribution >= 0.6 is 11.6 Å². The Hall–Kier alpha value is -1.53. The van der Waals surface area contributed by atoms with Gasteiger partial charge in [-0.15, -0.1) is 6.42 Å². The number of amides is 1. The van der Waals surface area contributed by atoms with Gasteiger partial charge in [-0.2, -0.15) is 0 Å². The molecule has 0 N–H and O–H groups in total. The van der Waals surface area contributed by atoms with Crippen molar-refractivity contribution in [1.82, 2.24) is 9.88 Å². The Kier molecular flexibility index (Phi) is 4.14. The number of rotatable bonds is 3. The van der Waals surface area contributed by atoms with Crippen molar-refractivity contribution in [3.05, 3.63) is 29.0 Å². The van der Waals surface area contributed by atoms with Crippen molar-refractivity contribution in [2.45, 2.75) is 6.92 Å². The van der Waals surface area contributed by atoms with E-state index in [9.17, 15) is 4.79 Å². The van der Waals surface area contributed by atoms with Gasteiger partial charge in [0.15, 0.2) is 0 Å². The predicted octanol–water partition coefficient (Wildman–Crippen LogP) is 1.83. The summed E-state index contributed by atoms with van der Waals surface area (Å²) in [7, 11) is 0. The molecule has 0 atom stereocenters. The fraction of sp³-hybridized carbons (Fsp3) is 0.273. The number of carbonyl (C=O) groups is 1. The van der Waals surface area contributed by atoms with Crippen molar-refractivity contribution in [3.8, 4) is 12.3 Å². The Morgan fingerprint density at radius 3 is 2.87 bits per heavy atom. The average molecular weight is 223 g/mol. The zero-order chi connectivity index (χ0) is 11.3. The van der Waals surface area contributed by atoms with Crippen molar-refractivity contribution in [3.63, 3.8) is 0 Å². The Labute approximate surface area is 94.1 Å². The summed E-state index contributed by atoms with van der Waals surface area (Å²) in [6.07, 6.45) is 6.60. The Balaban J connectivity index is 2.84. The molecule has 0 aromatic carbocycles. The van der Waals surface area contributed by atoms with E-state index in [1.54, 1.807) is 12.1 Å². The summed E-state index contributed by atoms with van der Waals surface area (Å²) < 4.78 is 0. The van der Waals surface area contributed by atoms with Crippen LogP contribution in [-0.4, -0.2) is 28.9 Å². The van der Waals surface area contributed by atoms with Gasteiger partial charge in [0.25, 0.3) is 5.91 Å². The second-order valence-electron chi connectivity index (χ2n) is 2.89. The third-order valence-corrected chi connectivity index (χ3v) is 2.12. The van der Waals surface area contributed by atoms with Gasteiger partial charge in [0.1, 0.15) is 5.69 Å². The van der Waals surface area contributed by atoms with Gasteiger partial charge >= 0.3 is 0 Å². The molecular weight excluding hydrogens is 212 g/mol. The molecule has 0 aliphatic rings. The topological polar surface area (TPSA) is 33.2 Å². The maximum absolute atomic E-state index is 11.8. The van der Waals surface area contributed by atoms with E-state index in [1.807, 2.05) is 6.92 Å². The van der Waals surface area contributed by atoms with Crippen LogP contribution in [0.3, 0.4) is 0 Å². The minimum atomic E-state index is -0.174. The van der Waals surface area contributed by atoms with E-state index in [0.717, 1.165) is 0 Å². The number of aromatic nitrogens is 1. The molecule has 0 spiro atoms. The molecule has 0 saturated heterocycles. The van der Waals surface area contributed by atoms with Crippen LogP contribution in [0.4, 0.5) is 0 Å². The molecule has 0 aliphatic carbocycles. The Bertz CT molecular complexity index is 381. The Morgan fingerprint density at radius 1 is 1.67 bits per heavy atom. The summed E-state index contributed by atoms with van der Waals surface area (Å²) in [5.41, 5.74) is 0.358. The molecule has 78 valence electrons. The lowest BCUT2D eigenvalue weighted by molar-refractivity contribution is 0.0779. The molecule has 0 fully saturated rings. The van der Waals surface area contributed by atoms with E-state index in [0.29, 0.717) is 23.8 Å². The maximum Gasteiger partial charge on any atom is 0.273 e. The van der Waals surface area contributed by atoms with Crippen LogP contribution in [0.15, 0.2) is 18.3 Å². The number of terminal acetylenes is 1. The van der Waals surface area contributed by atoms with E-state index in [4.69, 9.17) is 18.0 Å². The predicted molar refractivity (Wildman–Crippen MR) is 59.7 cm³/mol. The number of halogens is 1. The van der Waals surface area contributed by atoms with E-state index in [1.165, 1.54) is 11.1 Å². The maximum atomic E-state index is 11.8. The van der Waals surface area contributed by atoms with Gasteiger partial charge in [0.05, 0.1) is 11.6 Å². The fourth-order valence-electron chi connectivity index (χ4n) is 1.10. The molecule has 1 aromatic heterocycles. The highest BCUT2D eigenvalue weighted by Crippen LogP contribution is 2.08. The van der Waals surface area contributed by atoms with Gasteiger partial charge < -0.3 is 4.90 Å². The first-order valence-corrected chi connectivity index (χ1v) is 4.91. The molecule has 1 heterocycles. The molecule has 0 bridgehead atoms. The molecule has 3 nitrogen and oxygen atoms in total. The average Bonchev–Trinajstić information content (AvgIpc) is 2.26. The largest absolute Gasteiger partial charge is 0.326 e. The highest BCUT2D eigenvalue weighted by molar-refractivity contribution is 6.30. The van der Waals surface area contributed by atoms with Gasteiger partial charge in [-0.05, 0) is 19.1 Å². The molecule has 1 aromatic rings. The number of nitrogens with zero attached hydrogens (tertiary/aromatic N) is 2. The highest BCUT2D eigenvalue weighted by Gasteiger charge is 2.13. The van der Waals surface area contributed by atoms with Crippen LogP contribution in [-0.2, 0) is 0 Å². The van der Waals surface area contributed by atoms with Crippen molar-refractivity contribution in [2.75, 3.05) is 13.1 Å². The Morgan fingerprint density at radius 2 is 2.40 bits per heavy atom. The monoisotopic (exact) mass is 222 g/mol. The zero-order valence-electron chi connectivity index (χ0n) is 8.40. The normalized spacial score (nSPS) is 9.40. The molecular formula is C11H11ClN2O. The molecule has 0 saturated carbocycles. The second-order valence-corrected chi connectivity index (χ2v) is 3.32. The summed E-state index contributed by atoms with van der Waals surface area (Å²) >= 11 is 5.67. The molecule has 0 unspecified atom stereocenters. The summed E-state index contributed by atoms with van der Waals surface area (Å²) in [5, 5.41) is 0.506. The smallest absolute Gasteiger partial charge is 0.273 e. The van der Waals surface area contributed by atoms with E-state index in [-0.39, 0.29) is 5.91 Å². The van der Waals surface area contributed by atoms with Crippen molar-refractivity contribution >= 4 is 17.5 Å². The van der Waals surface area contributed by atoms with Crippen molar-refractivity contribution in [2.24, 2.45) is 0 Å². The number of carbonyl (C=O) groups excluding carboxylic acids is 1. The van der Waals surface area contributed by atoms with Crippen LogP contribution in [0.2, 0.25) is 5.02 Å². The number of pyridine rings is 1. The first-order valence-electron chi connectivity index (χ1n) is 4.53. The standard InChI is InChI=1S/C11H11ClN2O/c1-3-7-14(4-2)11(15)10-6-5-9(12)8-13-10/h1,5-6,8H,4,7H2,2H3.